The Morgan fingerprint density at radius 3 is 2.57 bits per heavy atom. The Kier molecular flexibility index (Phi) is 6.99. The lowest BCUT2D eigenvalue weighted by molar-refractivity contribution is -0.144. The van der Waals surface area contributed by atoms with Crippen molar-refractivity contribution < 1.29 is 9.53 Å². The van der Waals surface area contributed by atoms with Crippen LogP contribution in [0, 0.1) is 0 Å². The Morgan fingerprint density at radius 1 is 1.48 bits per heavy atom. The molecule has 0 amide bonds. The molecule has 21 heavy (non-hydrogen) atoms. The molecule has 0 spiro atoms. The van der Waals surface area contributed by atoms with Gasteiger partial charge in [0.1, 0.15) is 6.10 Å². The van der Waals surface area contributed by atoms with Gasteiger partial charge in [0.05, 0.1) is 5.38 Å². The lowest BCUT2D eigenvalue weighted by atomic mass is 9.83. The molecule has 1 fully saturated rings. The number of ether oxygens (including phenoxy) is 1. The molecule has 0 radical (unpaired) electrons. The predicted octanol–water partition coefficient (Wildman–Crippen LogP) is 5.54. The van der Waals surface area contributed by atoms with Gasteiger partial charge in [0.25, 0.3) is 0 Å². The van der Waals surface area contributed by atoms with Gasteiger partial charge in [-0.2, -0.15) is 0 Å². The minimum Gasteiger partial charge on any atom is -0.458 e. The van der Waals surface area contributed by atoms with E-state index in [0.29, 0.717) is 0 Å². The van der Waals surface area contributed by atoms with Crippen LogP contribution in [-0.4, -0.2) is 21.8 Å². The maximum Gasteiger partial charge on any atom is 0.303 e. The first-order valence-corrected chi connectivity index (χ1v) is 8.67. The lowest BCUT2D eigenvalue weighted by Crippen LogP contribution is -2.33. The maximum absolute atomic E-state index is 11.2. The van der Waals surface area contributed by atoms with Gasteiger partial charge in [-0.25, -0.2) is 0 Å². The number of hydrogen-bond acceptors (Lipinski definition) is 2. The van der Waals surface area contributed by atoms with Crippen LogP contribution in [0.15, 0.2) is 22.8 Å². The zero-order chi connectivity index (χ0) is 16.2. The molecule has 4 heteroatoms. The summed E-state index contributed by atoms with van der Waals surface area (Å²) in [7, 11) is 0. The maximum atomic E-state index is 11.2. The van der Waals surface area contributed by atoms with E-state index in [1.54, 1.807) is 0 Å². The number of carbonyl (C=O) groups excluding carboxylic acids is 1. The molecule has 1 aliphatic rings. The third kappa shape index (κ3) is 6.15. The van der Waals surface area contributed by atoms with Crippen LogP contribution in [0.5, 0.6) is 0 Å². The van der Waals surface area contributed by atoms with Gasteiger partial charge in [-0.15, -0.1) is 11.6 Å². The van der Waals surface area contributed by atoms with Crippen molar-refractivity contribution in [2.75, 3.05) is 0 Å². The van der Waals surface area contributed by atoms with Gasteiger partial charge in [-0.1, -0.05) is 32.6 Å². The summed E-state index contributed by atoms with van der Waals surface area (Å²) in [5, 5.41) is 0.104. The molecule has 0 N–H and O–H groups in total. The second-order valence-corrected chi connectivity index (χ2v) is 8.77. The monoisotopic (exact) mass is 376 g/mol. The average Bonchev–Trinajstić information content (AvgIpc) is 2.30. The Labute approximate surface area is 142 Å². The summed E-state index contributed by atoms with van der Waals surface area (Å²) in [6, 6.07) is 0. The van der Waals surface area contributed by atoms with Crippen LogP contribution in [-0.2, 0) is 9.53 Å². The second kappa shape index (κ2) is 7.82. The van der Waals surface area contributed by atoms with E-state index >= 15 is 0 Å². The Bertz CT molecular complexity index is 448. The molecule has 1 rings (SSSR count). The van der Waals surface area contributed by atoms with Crippen LogP contribution in [0.4, 0.5) is 0 Å². The quantitative estimate of drug-likeness (QED) is 0.365. The fourth-order valence-electron chi connectivity index (χ4n) is 2.64. The van der Waals surface area contributed by atoms with Crippen LogP contribution in [0.1, 0.15) is 60.3 Å². The van der Waals surface area contributed by atoms with Gasteiger partial charge in [-0.05, 0) is 53.0 Å². The van der Waals surface area contributed by atoms with E-state index < -0.39 is 0 Å². The molecule has 0 unspecified atom stereocenters. The van der Waals surface area contributed by atoms with E-state index in [1.807, 2.05) is 19.9 Å². The molecule has 0 bridgehead atoms. The van der Waals surface area contributed by atoms with E-state index in [1.165, 1.54) is 18.1 Å². The highest BCUT2D eigenvalue weighted by atomic mass is 79.9. The second-order valence-electron chi connectivity index (χ2n) is 6.43. The molecule has 120 valence electrons. The highest BCUT2D eigenvalue weighted by Gasteiger charge is 2.35. The molecular weight excluding hydrogens is 352 g/mol. The van der Waals surface area contributed by atoms with Crippen molar-refractivity contribution >= 4 is 33.5 Å². The van der Waals surface area contributed by atoms with E-state index in [0.717, 1.165) is 31.3 Å². The molecule has 1 saturated carbocycles. The SMILES string of the molecule is CC(=O)O[C@H](C=C(C)C)C/C(C)=C1\CC[C@](C)(Br)[C@@H](Cl)C1. The van der Waals surface area contributed by atoms with Gasteiger partial charge in [0.15, 0.2) is 0 Å². The minimum atomic E-state index is -0.234. The van der Waals surface area contributed by atoms with Crippen LogP contribution in [0.2, 0.25) is 0 Å². The molecule has 3 atom stereocenters. The third-order valence-corrected chi connectivity index (χ3v) is 5.79. The number of hydrogen-bond donors (Lipinski definition) is 0. The number of halogens is 2. The normalized spacial score (nSPS) is 29.6. The first-order valence-electron chi connectivity index (χ1n) is 7.44. The Balaban J connectivity index is 2.81. The summed E-state index contributed by atoms with van der Waals surface area (Å²) in [5.41, 5.74) is 3.87. The van der Waals surface area contributed by atoms with E-state index in [-0.39, 0.29) is 21.8 Å². The van der Waals surface area contributed by atoms with Gasteiger partial charge in [0.2, 0.25) is 0 Å². The predicted molar refractivity (Wildman–Crippen MR) is 93.1 cm³/mol. The van der Waals surface area contributed by atoms with Crippen LogP contribution >= 0.6 is 27.5 Å². The summed E-state index contributed by atoms with van der Waals surface area (Å²) < 4.78 is 5.42. The highest BCUT2D eigenvalue weighted by molar-refractivity contribution is 9.10. The summed E-state index contributed by atoms with van der Waals surface area (Å²) in [6.07, 6.45) is 5.58. The van der Waals surface area contributed by atoms with Crippen molar-refractivity contribution in [1.82, 2.24) is 0 Å². The average molecular weight is 378 g/mol. The third-order valence-electron chi connectivity index (χ3n) is 3.94. The van der Waals surface area contributed by atoms with Crippen molar-refractivity contribution in [2.24, 2.45) is 0 Å². The smallest absolute Gasteiger partial charge is 0.303 e. The fraction of sp³-hybridized carbons (Fsp3) is 0.706. The van der Waals surface area contributed by atoms with E-state index in [4.69, 9.17) is 16.3 Å². The lowest BCUT2D eigenvalue weighted by Gasteiger charge is -2.35. The topological polar surface area (TPSA) is 26.3 Å². The van der Waals surface area contributed by atoms with Crippen molar-refractivity contribution in [1.29, 1.82) is 0 Å². The van der Waals surface area contributed by atoms with E-state index in [2.05, 4.69) is 29.8 Å². The minimum absolute atomic E-state index is 0.0214. The van der Waals surface area contributed by atoms with Crippen LogP contribution < -0.4 is 0 Å². The Morgan fingerprint density at radius 2 is 2.10 bits per heavy atom. The fourth-order valence-corrected chi connectivity index (χ4v) is 3.29. The molecule has 0 aromatic carbocycles. The van der Waals surface area contributed by atoms with Gasteiger partial charge in [-0.3, -0.25) is 4.79 Å². The van der Waals surface area contributed by atoms with Crippen molar-refractivity contribution in [3.05, 3.63) is 22.8 Å². The van der Waals surface area contributed by atoms with Crippen molar-refractivity contribution in [3.8, 4) is 0 Å². The first kappa shape index (κ1) is 18.8. The van der Waals surface area contributed by atoms with Gasteiger partial charge in [0, 0.05) is 17.7 Å². The molecule has 0 saturated heterocycles. The number of alkyl halides is 2. The molecule has 1 aliphatic carbocycles. The highest BCUT2D eigenvalue weighted by Crippen LogP contribution is 2.42. The molecule has 0 heterocycles. The summed E-state index contributed by atoms with van der Waals surface area (Å²) in [4.78, 5) is 11.2. The molecular formula is C17H26BrClO2. The number of carbonyl (C=O) groups is 1. The summed E-state index contributed by atoms with van der Waals surface area (Å²) in [5.74, 6) is -0.234. The molecule has 0 aromatic heterocycles. The number of rotatable bonds is 4. The molecule has 0 aromatic rings. The Hall–Kier alpha value is -0.280. The van der Waals surface area contributed by atoms with Crippen LogP contribution in [0.25, 0.3) is 0 Å². The number of allylic oxidation sites excluding steroid dienone is 2. The van der Waals surface area contributed by atoms with Gasteiger partial charge >= 0.3 is 5.97 Å². The standard InChI is InChI=1S/C17H26BrClO2/c1-11(2)8-15(21-13(4)20)9-12(3)14-6-7-17(5,18)16(19)10-14/h8,15-16H,6-7,9-10H2,1-5H3/b14-12+/t15-,16+,17+/m1/s1. The largest absolute Gasteiger partial charge is 0.458 e. The van der Waals surface area contributed by atoms with Crippen molar-refractivity contribution in [2.45, 2.75) is 76.1 Å². The summed E-state index contributed by atoms with van der Waals surface area (Å²) in [6.45, 7) is 9.78. The summed E-state index contributed by atoms with van der Waals surface area (Å²) >= 11 is 10.2. The van der Waals surface area contributed by atoms with Gasteiger partial charge < -0.3 is 4.74 Å². The molecule has 0 aliphatic heterocycles. The van der Waals surface area contributed by atoms with E-state index in [9.17, 15) is 4.79 Å². The van der Waals surface area contributed by atoms with Crippen molar-refractivity contribution in [3.63, 3.8) is 0 Å². The molecule has 2 nitrogen and oxygen atoms in total. The first-order chi connectivity index (χ1) is 9.61. The zero-order valence-corrected chi connectivity index (χ0v) is 16.0. The number of esters is 1. The zero-order valence-electron chi connectivity index (χ0n) is 13.6. The van der Waals surface area contributed by atoms with Crippen LogP contribution in [0.3, 0.4) is 0 Å².